The van der Waals surface area contributed by atoms with Gasteiger partial charge in [0.25, 0.3) is 0 Å². The smallest absolute Gasteiger partial charge is 0.0171 e. The first-order chi connectivity index (χ1) is 9.24. The summed E-state index contributed by atoms with van der Waals surface area (Å²) in [5.41, 5.74) is 1.54. The molecule has 2 aliphatic rings. The van der Waals surface area contributed by atoms with E-state index in [1.165, 1.54) is 38.0 Å². The summed E-state index contributed by atoms with van der Waals surface area (Å²) in [4.78, 5) is 2.75. The standard InChI is InChI=1S/C17H26N2/c1-13-11-18-14(2)8-9-19(12-13)17-10-16(17)15-6-4-3-5-7-15/h3-7,13-14,16-18H,8-12H2,1-2H3. The lowest BCUT2D eigenvalue weighted by atomic mass is 10.1. The largest absolute Gasteiger partial charge is 0.314 e. The molecule has 2 nitrogen and oxygen atoms in total. The first kappa shape index (κ1) is 13.1. The molecule has 1 aliphatic heterocycles. The molecule has 19 heavy (non-hydrogen) atoms. The molecule has 1 aromatic carbocycles. The van der Waals surface area contributed by atoms with Gasteiger partial charge in [0.05, 0.1) is 0 Å². The second kappa shape index (κ2) is 5.64. The predicted molar refractivity (Wildman–Crippen MR) is 80.4 cm³/mol. The average molecular weight is 258 g/mol. The maximum atomic E-state index is 3.63. The highest BCUT2D eigenvalue weighted by Gasteiger charge is 2.42. The quantitative estimate of drug-likeness (QED) is 0.877. The minimum Gasteiger partial charge on any atom is -0.314 e. The Labute approximate surface area is 117 Å². The Morgan fingerprint density at radius 3 is 2.74 bits per heavy atom. The number of rotatable bonds is 2. The molecule has 1 heterocycles. The lowest BCUT2D eigenvalue weighted by Crippen LogP contribution is -2.43. The van der Waals surface area contributed by atoms with Gasteiger partial charge in [-0.25, -0.2) is 0 Å². The van der Waals surface area contributed by atoms with Crippen LogP contribution in [-0.2, 0) is 0 Å². The number of nitrogens with zero attached hydrogens (tertiary/aromatic N) is 1. The maximum Gasteiger partial charge on any atom is 0.0171 e. The summed E-state index contributed by atoms with van der Waals surface area (Å²) in [5.74, 6) is 1.55. The molecular weight excluding hydrogens is 232 g/mol. The molecular formula is C17H26N2. The summed E-state index contributed by atoms with van der Waals surface area (Å²) in [5, 5.41) is 3.63. The monoisotopic (exact) mass is 258 g/mol. The maximum absolute atomic E-state index is 3.63. The zero-order valence-electron chi connectivity index (χ0n) is 12.2. The van der Waals surface area contributed by atoms with Crippen LogP contribution >= 0.6 is 0 Å². The van der Waals surface area contributed by atoms with E-state index in [2.05, 4.69) is 54.4 Å². The van der Waals surface area contributed by atoms with Crippen molar-refractivity contribution >= 4 is 0 Å². The van der Waals surface area contributed by atoms with Gasteiger partial charge in [-0.1, -0.05) is 37.3 Å². The van der Waals surface area contributed by atoms with E-state index in [0.717, 1.165) is 17.9 Å². The molecule has 0 radical (unpaired) electrons. The summed E-state index contributed by atoms with van der Waals surface area (Å²) in [6.45, 7) is 8.37. The third kappa shape index (κ3) is 3.18. The fraction of sp³-hybridized carbons (Fsp3) is 0.647. The van der Waals surface area contributed by atoms with Gasteiger partial charge in [-0.15, -0.1) is 0 Å². The molecule has 104 valence electrons. The van der Waals surface area contributed by atoms with Crippen molar-refractivity contribution in [3.8, 4) is 0 Å². The summed E-state index contributed by atoms with van der Waals surface area (Å²) < 4.78 is 0. The zero-order chi connectivity index (χ0) is 13.2. The van der Waals surface area contributed by atoms with Gasteiger partial charge in [-0.05, 0) is 44.3 Å². The van der Waals surface area contributed by atoms with Gasteiger partial charge in [0.2, 0.25) is 0 Å². The van der Waals surface area contributed by atoms with E-state index in [4.69, 9.17) is 0 Å². The van der Waals surface area contributed by atoms with Crippen LogP contribution in [0.15, 0.2) is 30.3 Å². The molecule has 0 aromatic heterocycles. The van der Waals surface area contributed by atoms with Crippen LogP contribution in [0, 0.1) is 5.92 Å². The van der Waals surface area contributed by atoms with Crippen molar-refractivity contribution in [3.05, 3.63) is 35.9 Å². The van der Waals surface area contributed by atoms with E-state index in [-0.39, 0.29) is 0 Å². The lowest BCUT2D eigenvalue weighted by Gasteiger charge is -2.31. The zero-order valence-corrected chi connectivity index (χ0v) is 12.2. The van der Waals surface area contributed by atoms with Crippen molar-refractivity contribution in [2.24, 2.45) is 5.92 Å². The van der Waals surface area contributed by atoms with Crippen LogP contribution in [0.5, 0.6) is 0 Å². The van der Waals surface area contributed by atoms with Crippen molar-refractivity contribution in [2.45, 2.75) is 44.7 Å². The summed E-state index contributed by atoms with van der Waals surface area (Å²) >= 11 is 0. The number of benzene rings is 1. The number of hydrogen-bond acceptors (Lipinski definition) is 2. The molecule has 0 spiro atoms. The van der Waals surface area contributed by atoms with Gasteiger partial charge in [0.15, 0.2) is 0 Å². The Hall–Kier alpha value is -0.860. The average Bonchev–Trinajstić information content (AvgIpc) is 3.20. The number of nitrogens with one attached hydrogen (secondary N) is 1. The van der Waals surface area contributed by atoms with Crippen LogP contribution in [0.3, 0.4) is 0 Å². The fourth-order valence-electron chi connectivity index (χ4n) is 3.36. The van der Waals surface area contributed by atoms with Crippen LogP contribution in [0.4, 0.5) is 0 Å². The van der Waals surface area contributed by atoms with Gasteiger partial charge in [0, 0.05) is 24.5 Å². The highest BCUT2D eigenvalue weighted by atomic mass is 15.2. The fourth-order valence-corrected chi connectivity index (χ4v) is 3.36. The van der Waals surface area contributed by atoms with Gasteiger partial charge in [-0.3, -0.25) is 4.90 Å². The van der Waals surface area contributed by atoms with E-state index in [1.807, 2.05) is 0 Å². The summed E-state index contributed by atoms with van der Waals surface area (Å²) in [6.07, 6.45) is 2.64. The Morgan fingerprint density at radius 2 is 1.95 bits per heavy atom. The van der Waals surface area contributed by atoms with Crippen molar-refractivity contribution in [1.29, 1.82) is 0 Å². The first-order valence-corrected chi connectivity index (χ1v) is 7.76. The van der Waals surface area contributed by atoms with Gasteiger partial charge in [-0.2, -0.15) is 0 Å². The van der Waals surface area contributed by atoms with Crippen LogP contribution in [-0.4, -0.2) is 36.6 Å². The van der Waals surface area contributed by atoms with Crippen molar-refractivity contribution in [3.63, 3.8) is 0 Å². The normalized spacial score (nSPS) is 36.5. The Bertz CT molecular complexity index is 403. The lowest BCUT2D eigenvalue weighted by molar-refractivity contribution is 0.191. The van der Waals surface area contributed by atoms with E-state index >= 15 is 0 Å². The van der Waals surface area contributed by atoms with Crippen molar-refractivity contribution in [2.75, 3.05) is 19.6 Å². The molecule has 2 heteroatoms. The van der Waals surface area contributed by atoms with Crippen LogP contribution < -0.4 is 5.32 Å². The van der Waals surface area contributed by atoms with E-state index in [1.54, 1.807) is 0 Å². The van der Waals surface area contributed by atoms with Crippen LogP contribution in [0.2, 0.25) is 0 Å². The predicted octanol–water partition coefficient (Wildman–Crippen LogP) is 2.86. The van der Waals surface area contributed by atoms with Gasteiger partial charge in [0.1, 0.15) is 0 Å². The topological polar surface area (TPSA) is 15.3 Å². The molecule has 1 saturated carbocycles. The highest BCUT2D eigenvalue weighted by molar-refractivity contribution is 5.27. The minimum atomic E-state index is 0.666. The third-order valence-corrected chi connectivity index (χ3v) is 4.66. The Morgan fingerprint density at radius 1 is 1.16 bits per heavy atom. The van der Waals surface area contributed by atoms with E-state index in [0.29, 0.717) is 6.04 Å². The summed E-state index contributed by atoms with van der Waals surface area (Å²) in [7, 11) is 0. The SMILES string of the molecule is CC1CNC(C)CCN(C2CC2c2ccccc2)C1. The molecule has 1 aromatic rings. The second-order valence-electron chi connectivity index (χ2n) is 6.52. The minimum absolute atomic E-state index is 0.666. The first-order valence-electron chi connectivity index (χ1n) is 7.76. The Balaban J connectivity index is 1.63. The van der Waals surface area contributed by atoms with Gasteiger partial charge < -0.3 is 5.32 Å². The van der Waals surface area contributed by atoms with Crippen LogP contribution in [0.25, 0.3) is 0 Å². The summed E-state index contributed by atoms with van der Waals surface area (Å²) in [6, 6.07) is 12.5. The molecule has 1 aliphatic carbocycles. The molecule has 1 saturated heterocycles. The molecule has 1 N–H and O–H groups in total. The molecule has 3 rings (SSSR count). The van der Waals surface area contributed by atoms with Gasteiger partial charge >= 0.3 is 0 Å². The molecule has 2 fully saturated rings. The Kier molecular flexibility index (Phi) is 3.90. The van der Waals surface area contributed by atoms with E-state index < -0.39 is 0 Å². The molecule has 4 unspecified atom stereocenters. The van der Waals surface area contributed by atoms with Crippen LogP contribution in [0.1, 0.15) is 38.2 Å². The van der Waals surface area contributed by atoms with E-state index in [9.17, 15) is 0 Å². The highest BCUT2D eigenvalue weighted by Crippen LogP contribution is 2.45. The third-order valence-electron chi connectivity index (χ3n) is 4.66. The van der Waals surface area contributed by atoms with Crippen molar-refractivity contribution < 1.29 is 0 Å². The number of hydrogen-bond donors (Lipinski definition) is 1. The van der Waals surface area contributed by atoms with Crippen molar-refractivity contribution in [1.82, 2.24) is 10.2 Å². The molecule has 0 bridgehead atoms. The molecule has 0 amide bonds. The second-order valence-corrected chi connectivity index (χ2v) is 6.52. The molecule has 4 atom stereocenters.